The highest BCUT2D eigenvalue weighted by molar-refractivity contribution is 6.11. The molecular weight excluding hydrogens is 665 g/mol. The molecule has 0 spiro atoms. The summed E-state index contributed by atoms with van der Waals surface area (Å²) in [4.78, 5) is 2.43. The van der Waals surface area contributed by atoms with Crippen molar-refractivity contribution in [2.45, 2.75) is 5.41 Å². The molecule has 0 saturated carbocycles. The molecule has 1 aromatic heterocycles. The second kappa shape index (κ2) is 12.5. The smallest absolute Gasteiger partial charge is 0.0713 e. The second-order valence-electron chi connectivity index (χ2n) is 14.5. The van der Waals surface area contributed by atoms with Crippen molar-refractivity contribution in [1.29, 1.82) is 0 Å². The number of nitrogens with zero attached hydrogens (tertiary/aromatic N) is 2. The van der Waals surface area contributed by atoms with E-state index in [0.29, 0.717) is 0 Å². The van der Waals surface area contributed by atoms with Crippen molar-refractivity contribution in [3.05, 3.63) is 241 Å². The Labute approximate surface area is 320 Å². The van der Waals surface area contributed by atoms with Gasteiger partial charge in [0.25, 0.3) is 0 Å². The highest BCUT2D eigenvalue weighted by Crippen LogP contribution is 2.56. The average molecular weight is 701 g/mol. The first-order chi connectivity index (χ1) is 27.3. The van der Waals surface area contributed by atoms with Gasteiger partial charge in [-0.1, -0.05) is 170 Å². The molecule has 0 aliphatic heterocycles. The van der Waals surface area contributed by atoms with Crippen molar-refractivity contribution in [1.82, 2.24) is 4.57 Å². The van der Waals surface area contributed by atoms with Gasteiger partial charge in [-0.3, -0.25) is 0 Å². The molecule has 0 saturated heterocycles. The van der Waals surface area contributed by atoms with Gasteiger partial charge in [-0.25, -0.2) is 0 Å². The Morgan fingerprint density at radius 1 is 0.364 bits per heavy atom. The van der Waals surface area contributed by atoms with E-state index < -0.39 is 5.41 Å². The van der Waals surface area contributed by atoms with Gasteiger partial charge in [-0.15, -0.1) is 0 Å². The lowest BCUT2D eigenvalue weighted by Gasteiger charge is -2.34. The molecule has 0 N–H and O–H groups in total. The van der Waals surface area contributed by atoms with Gasteiger partial charge >= 0.3 is 0 Å². The first kappa shape index (κ1) is 31.4. The lowest BCUT2D eigenvalue weighted by atomic mass is 9.68. The van der Waals surface area contributed by atoms with E-state index in [0.717, 1.165) is 22.7 Å². The van der Waals surface area contributed by atoms with Gasteiger partial charge in [0.1, 0.15) is 0 Å². The molecular formula is C53H36N2. The topological polar surface area (TPSA) is 8.17 Å². The Morgan fingerprint density at radius 3 is 1.65 bits per heavy atom. The molecule has 0 unspecified atom stereocenters. The number of rotatable bonds is 6. The molecule has 1 heterocycles. The minimum atomic E-state index is -0.452. The minimum absolute atomic E-state index is 0.452. The number of anilines is 3. The number of benzene rings is 9. The van der Waals surface area contributed by atoms with E-state index >= 15 is 0 Å². The summed E-state index contributed by atoms with van der Waals surface area (Å²) in [5, 5.41) is 4.90. The Hall–Kier alpha value is -7.16. The van der Waals surface area contributed by atoms with Gasteiger partial charge in [-0.2, -0.15) is 0 Å². The summed E-state index contributed by atoms with van der Waals surface area (Å²) >= 11 is 0. The van der Waals surface area contributed by atoms with Crippen LogP contribution in [0.3, 0.4) is 0 Å². The minimum Gasteiger partial charge on any atom is -0.310 e. The van der Waals surface area contributed by atoms with E-state index in [1.807, 2.05) is 0 Å². The normalized spacial score (nSPS) is 12.9. The molecule has 2 heteroatoms. The summed E-state index contributed by atoms with van der Waals surface area (Å²) < 4.78 is 2.40. The number of hydrogen-bond donors (Lipinski definition) is 0. The second-order valence-corrected chi connectivity index (χ2v) is 14.5. The molecule has 0 amide bonds. The molecule has 258 valence electrons. The van der Waals surface area contributed by atoms with Crippen LogP contribution in [0.4, 0.5) is 17.1 Å². The highest BCUT2D eigenvalue weighted by atomic mass is 15.1. The van der Waals surface area contributed by atoms with Crippen LogP contribution >= 0.6 is 0 Å². The van der Waals surface area contributed by atoms with E-state index in [9.17, 15) is 0 Å². The number of hydrogen-bond acceptors (Lipinski definition) is 1. The van der Waals surface area contributed by atoms with Crippen LogP contribution in [0.15, 0.2) is 218 Å². The van der Waals surface area contributed by atoms with E-state index in [2.05, 4.69) is 228 Å². The maximum Gasteiger partial charge on any atom is 0.0713 e. The van der Waals surface area contributed by atoms with Crippen LogP contribution in [-0.2, 0) is 5.41 Å². The number of para-hydroxylation sites is 2. The molecule has 9 aromatic carbocycles. The Morgan fingerprint density at radius 2 is 0.909 bits per heavy atom. The molecule has 0 radical (unpaired) electrons. The van der Waals surface area contributed by atoms with Crippen molar-refractivity contribution in [3.8, 4) is 16.8 Å². The Kier molecular flexibility index (Phi) is 7.11. The summed E-state index contributed by atoms with van der Waals surface area (Å²) in [5.74, 6) is 0. The fraction of sp³-hybridized carbons (Fsp3) is 0.0189. The Balaban J connectivity index is 1.15. The van der Waals surface area contributed by atoms with Crippen LogP contribution in [0.2, 0.25) is 0 Å². The number of aromatic nitrogens is 1. The molecule has 1 aliphatic carbocycles. The van der Waals surface area contributed by atoms with Crippen molar-refractivity contribution >= 4 is 49.6 Å². The molecule has 55 heavy (non-hydrogen) atoms. The summed E-state index contributed by atoms with van der Waals surface area (Å²) in [6.45, 7) is 0. The van der Waals surface area contributed by atoms with E-state index in [4.69, 9.17) is 0 Å². The van der Waals surface area contributed by atoms with Crippen molar-refractivity contribution < 1.29 is 0 Å². The zero-order valence-corrected chi connectivity index (χ0v) is 30.2. The van der Waals surface area contributed by atoms with Crippen LogP contribution in [0.5, 0.6) is 0 Å². The van der Waals surface area contributed by atoms with Gasteiger partial charge in [0.2, 0.25) is 0 Å². The maximum absolute atomic E-state index is 2.43. The van der Waals surface area contributed by atoms with Gasteiger partial charge in [0.05, 0.1) is 22.1 Å². The SMILES string of the molecule is c1ccc(-n2c3ccccc3c3ccc(N(c4ccc(C5(c6ccccc6)c6ccccc6-c6ccccc65)cc4)c4cccc5ccccc45)cc32)cc1. The van der Waals surface area contributed by atoms with E-state index in [1.165, 1.54) is 66.0 Å². The quantitative estimate of drug-likeness (QED) is 0.168. The zero-order chi connectivity index (χ0) is 36.3. The maximum atomic E-state index is 2.43. The average Bonchev–Trinajstić information content (AvgIpc) is 3.75. The fourth-order valence-corrected chi connectivity index (χ4v) is 9.36. The van der Waals surface area contributed by atoms with Crippen LogP contribution < -0.4 is 4.90 Å². The van der Waals surface area contributed by atoms with Crippen molar-refractivity contribution in [3.63, 3.8) is 0 Å². The molecule has 10 aromatic rings. The van der Waals surface area contributed by atoms with Crippen LogP contribution in [-0.4, -0.2) is 4.57 Å². The van der Waals surface area contributed by atoms with E-state index in [1.54, 1.807) is 0 Å². The largest absolute Gasteiger partial charge is 0.310 e. The van der Waals surface area contributed by atoms with Crippen LogP contribution in [0.1, 0.15) is 22.3 Å². The van der Waals surface area contributed by atoms with Gasteiger partial charge in [0.15, 0.2) is 0 Å². The zero-order valence-electron chi connectivity index (χ0n) is 30.2. The standard InChI is InChI=1S/C53H36N2/c1-3-18-38(19-4-1)53(48-26-12-9-23-44(48)45-24-10-13-27-49(45)53)39-30-32-41(33-31-39)54(50-29-15-17-37-16-7-8-22-43(37)50)42-34-35-47-46-25-11-14-28-51(46)55(52(47)36-42)40-20-5-2-6-21-40/h1-36H. The molecule has 0 atom stereocenters. The van der Waals surface area contributed by atoms with Crippen molar-refractivity contribution in [2.24, 2.45) is 0 Å². The van der Waals surface area contributed by atoms with Gasteiger partial charge in [-0.05, 0) is 87.3 Å². The molecule has 1 aliphatic rings. The van der Waals surface area contributed by atoms with Crippen LogP contribution in [0.25, 0.3) is 49.4 Å². The molecule has 0 fully saturated rings. The lowest BCUT2D eigenvalue weighted by molar-refractivity contribution is 0.768. The van der Waals surface area contributed by atoms with E-state index in [-0.39, 0.29) is 0 Å². The van der Waals surface area contributed by atoms with Crippen molar-refractivity contribution in [2.75, 3.05) is 4.90 Å². The predicted molar refractivity (Wildman–Crippen MR) is 230 cm³/mol. The van der Waals surface area contributed by atoms with Crippen LogP contribution in [0, 0.1) is 0 Å². The summed E-state index contributed by atoms with van der Waals surface area (Å²) in [7, 11) is 0. The number of fused-ring (bicyclic) bond motifs is 7. The molecule has 11 rings (SSSR count). The lowest BCUT2D eigenvalue weighted by Crippen LogP contribution is -2.28. The first-order valence-corrected chi connectivity index (χ1v) is 19.0. The third-order valence-electron chi connectivity index (χ3n) is 11.7. The predicted octanol–water partition coefficient (Wildman–Crippen LogP) is 13.8. The summed E-state index contributed by atoms with van der Waals surface area (Å²) in [6, 6.07) is 80.0. The third-order valence-corrected chi connectivity index (χ3v) is 11.7. The summed E-state index contributed by atoms with van der Waals surface area (Å²) in [6.07, 6.45) is 0. The van der Waals surface area contributed by atoms with Gasteiger partial charge in [0, 0.05) is 33.2 Å². The third kappa shape index (κ3) is 4.68. The summed E-state index contributed by atoms with van der Waals surface area (Å²) in [5.41, 5.74) is 14.2. The molecule has 0 bridgehead atoms. The molecule has 2 nitrogen and oxygen atoms in total. The fourth-order valence-electron chi connectivity index (χ4n) is 9.36. The first-order valence-electron chi connectivity index (χ1n) is 19.0. The monoisotopic (exact) mass is 700 g/mol. The highest BCUT2D eigenvalue weighted by Gasteiger charge is 2.45. The van der Waals surface area contributed by atoms with Gasteiger partial charge < -0.3 is 9.47 Å². The Bertz CT molecular complexity index is 2980.